The molecule has 1 saturated heterocycles. The number of rotatable bonds is 5. The van der Waals surface area contributed by atoms with Gasteiger partial charge in [-0.05, 0) is 50.7 Å². The number of likely N-dealkylation sites (tertiary alicyclic amines) is 1. The second kappa shape index (κ2) is 8.71. The van der Waals surface area contributed by atoms with E-state index in [1.54, 1.807) is 11.6 Å². The summed E-state index contributed by atoms with van der Waals surface area (Å²) in [4.78, 5) is 14.8. The molecule has 1 aliphatic carbocycles. The number of carbonyl (C=O) groups excluding carboxylic acids is 1. The predicted molar refractivity (Wildman–Crippen MR) is 117 cm³/mol. The van der Waals surface area contributed by atoms with Crippen LogP contribution in [0.5, 0.6) is 0 Å². The summed E-state index contributed by atoms with van der Waals surface area (Å²) in [6.07, 6.45) is 6.58. The lowest BCUT2D eigenvalue weighted by Crippen LogP contribution is -2.51. The number of halogens is 1. The zero-order chi connectivity index (χ0) is 21.3. The summed E-state index contributed by atoms with van der Waals surface area (Å²) in [6.45, 7) is 2.41. The van der Waals surface area contributed by atoms with Gasteiger partial charge in [0.2, 0.25) is 5.91 Å². The van der Waals surface area contributed by atoms with E-state index in [0.29, 0.717) is 23.7 Å². The molecule has 4 rings (SSSR count). The monoisotopic (exact) mass is 449 g/mol. The largest absolute Gasteiger partial charge is 0.339 e. The third-order valence-electron chi connectivity index (χ3n) is 6.39. The van der Waals surface area contributed by atoms with E-state index in [4.69, 9.17) is 11.6 Å². The second-order valence-electron chi connectivity index (χ2n) is 8.48. The molecule has 0 N–H and O–H groups in total. The molecule has 2 heterocycles. The molecule has 6 nitrogen and oxygen atoms in total. The zero-order valence-electron chi connectivity index (χ0n) is 17.3. The Morgan fingerprint density at radius 2 is 1.83 bits per heavy atom. The van der Waals surface area contributed by atoms with E-state index in [0.717, 1.165) is 37.8 Å². The lowest BCUT2D eigenvalue weighted by atomic mass is 9.78. The van der Waals surface area contributed by atoms with Crippen molar-refractivity contribution in [3.05, 3.63) is 46.7 Å². The van der Waals surface area contributed by atoms with Crippen molar-refractivity contribution in [1.82, 2.24) is 14.7 Å². The SMILES string of the molecule is Cc1nn(-c2ccccc2)c(Cl)c1CS(=O)(=O)CC(=O)N1CCCC2CCCCC21. The molecule has 2 fully saturated rings. The molecular formula is C22H28ClN3O3S. The van der Waals surface area contributed by atoms with Crippen LogP contribution in [-0.4, -0.2) is 47.3 Å². The maximum Gasteiger partial charge on any atom is 0.238 e. The van der Waals surface area contributed by atoms with Gasteiger partial charge in [-0.2, -0.15) is 5.10 Å². The van der Waals surface area contributed by atoms with Crippen LogP contribution in [0.25, 0.3) is 5.69 Å². The van der Waals surface area contributed by atoms with E-state index in [2.05, 4.69) is 5.10 Å². The van der Waals surface area contributed by atoms with Gasteiger partial charge in [-0.3, -0.25) is 4.79 Å². The number of fused-ring (bicyclic) bond motifs is 1. The molecule has 1 aromatic heterocycles. The Bertz CT molecular complexity index is 1020. The maximum absolute atomic E-state index is 12.9. The first-order chi connectivity index (χ1) is 14.4. The minimum absolute atomic E-state index is 0.210. The number of aromatic nitrogens is 2. The van der Waals surface area contributed by atoms with Crippen LogP contribution in [-0.2, 0) is 20.4 Å². The number of aryl methyl sites for hydroxylation is 1. The average molecular weight is 450 g/mol. The van der Waals surface area contributed by atoms with Gasteiger partial charge in [0, 0.05) is 18.2 Å². The van der Waals surface area contributed by atoms with Crippen LogP contribution < -0.4 is 0 Å². The number of amides is 1. The molecule has 162 valence electrons. The first-order valence-electron chi connectivity index (χ1n) is 10.6. The molecule has 2 aromatic rings. The lowest BCUT2D eigenvalue weighted by molar-refractivity contribution is -0.134. The van der Waals surface area contributed by atoms with Crippen molar-refractivity contribution in [3.8, 4) is 5.69 Å². The Labute approximate surface area is 183 Å². The molecule has 1 saturated carbocycles. The molecule has 1 amide bonds. The minimum Gasteiger partial charge on any atom is -0.339 e. The Morgan fingerprint density at radius 1 is 1.13 bits per heavy atom. The van der Waals surface area contributed by atoms with E-state index < -0.39 is 15.6 Å². The molecular weight excluding hydrogens is 422 g/mol. The fourth-order valence-corrected chi connectivity index (χ4v) is 6.76. The fraction of sp³-hybridized carbons (Fsp3) is 0.545. The Kier molecular flexibility index (Phi) is 6.21. The highest BCUT2D eigenvalue weighted by Crippen LogP contribution is 2.35. The van der Waals surface area contributed by atoms with Crippen molar-refractivity contribution in [2.75, 3.05) is 12.3 Å². The van der Waals surface area contributed by atoms with Crippen molar-refractivity contribution >= 4 is 27.3 Å². The molecule has 2 atom stereocenters. The smallest absolute Gasteiger partial charge is 0.238 e. The summed E-state index contributed by atoms with van der Waals surface area (Å²) in [5, 5.41) is 4.69. The number of benzene rings is 1. The number of nitrogens with zero attached hydrogens (tertiary/aromatic N) is 3. The third-order valence-corrected chi connectivity index (χ3v) is 8.20. The standard InChI is InChI=1S/C22H28ClN3O3S/c1-16-19(22(23)26(24-16)18-10-3-2-4-11-18)14-30(28,29)15-21(27)25-13-7-9-17-8-5-6-12-20(17)25/h2-4,10-11,17,20H,5-9,12-15H2,1H3. The van der Waals surface area contributed by atoms with Crippen LogP contribution in [0.3, 0.4) is 0 Å². The van der Waals surface area contributed by atoms with Gasteiger partial charge in [-0.1, -0.05) is 42.6 Å². The minimum atomic E-state index is -3.66. The Hall–Kier alpha value is -1.86. The van der Waals surface area contributed by atoms with Gasteiger partial charge in [0.1, 0.15) is 10.9 Å². The van der Waals surface area contributed by atoms with Crippen molar-refractivity contribution < 1.29 is 13.2 Å². The van der Waals surface area contributed by atoms with Gasteiger partial charge in [0.25, 0.3) is 0 Å². The summed E-state index contributed by atoms with van der Waals surface area (Å²) in [5.74, 6) is -0.489. The van der Waals surface area contributed by atoms with E-state index in [-0.39, 0.29) is 22.9 Å². The molecule has 30 heavy (non-hydrogen) atoms. The normalized spacial score (nSPS) is 22.0. The Morgan fingerprint density at radius 3 is 2.60 bits per heavy atom. The molecule has 0 spiro atoms. The van der Waals surface area contributed by atoms with Crippen LogP contribution in [0.2, 0.25) is 5.15 Å². The van der Waals surface area contributed by atoms with Gasteiger partial charge >= 0.3 is 0 Å². The number of hydrogen-bond donors (Lipinski definition) is 0. The van der Waals surface area contributed by atoms with E-state index in [1.165, 1.54) is 6.42 Å². The Balaban J connectivity index is 1.50. The number of piperidine rings is 1. The molecule has 1 aromatic carbocycles. The van der Waals surface area contributed by atoms with E-state index >= 15 is 0 Å². The van der Waals surface area contributed by atoms with E-state index in [9.17, 15) is 13.2 Å². The molecule has 2 unspecified atom stereocenters. The van der Waals surface area contributed by atoms with Crippen molar-refractivity contribution in [2.45, 2.75) is 57.2 Å². The fourth-order valence-electron chi connectivity index (χ4n) is 4.91. The van der Waals surface area contributed by atoms with Gasteiger partial charge in [0.05, 0.1) is 17.1 Å². The highest BCUT2D eigenvalue weighted by Gasteiger charge is 2.37. The average Bonchev–Trinajstić information content (AvgIpc) is 3.01. The highest BCUT2D eigenvalue weighted by atomic mass is 35.5. The number of hydrogen-bond acceptors (Lipinski definition) is 4. The first kappa shape index (κ1) is 21.4. The molecule has 2 aliphatic rings. The van der Waals surface area contributed by atoms with Crippen LogP contribution in [0.4, 0.5) is 0 Å². The third kappa shape index (κ3) is 4.42. The van der Waals surface area contributed by atoms with E-state index in [1.807, 2.05) is 35.2 Å². The van der Waals surface area contributed by atoms with Crippen molar-refractivity contribution in [1.29, 1.82) is 0 Å². The summed E-state index contributed by atoms with van der Waals surface area (Å²) in [5.41, 5.74) is 1.79. The van der Waals surface area contributed by atoms with Gasteiger partial charge in [-0.25, -0.2) is 13.1 Å². The lowest BCUT2D eigenvalue weighted by Gasteiger charge is -2.44. The topological polar surface area (TPSA) is 72.3 Å². The quantitative estimate of drug-likeness (QED) is 0.693. The molecule has 8 heteroatoms. The van der Waals surface area contributed by atoms with Crippen molar-refractivity contribution in [2.24, 2.45) is 5.92 Å². The number of sulfone groups is 1. The molecule has 1 aliphatic heterocycles. The molecule has 0 radical (unpaired) electrons. The maximum atomic E-state index is 12.9. The van der Waals surface area contributed by atoms with Gasteiger partial charge in [-0.15, -0.1) is 0 Å². The second-order valence-corrected chi connectivity index (χ2v) is 10.9. The summed E-state index contributed by atoms with van der Waals surface area (Å²) in [7, 11) is -3.66. The molecule has 0 bridgehead atoms. The van der Waals surface area contributed by atoms with Gasteiger partial charge < -0.3 is 4.90 Å². The predicted octanol–water partition coefficient (Wildman–Crippen LogP) is 3.93. The first-order valence-corrected chi connectivity index (χ1v) is 12.8. The van der Waals surface area contributed by atoms with Crippen LogP contribution in [0.1, 0.15) is 49.8 Å². The van der Waals surface area contributed by atoms with Crippen LogP contribution in [0.15, 0.2) is 30.3 Å². The van der Waals surface area contributed by atoms with Crippen LogP contribution in [0, 0.1) is 12.8 Å². The highest BCUT2D eigenvalue weighted by molar-refractivity contribution is 7.91. The van der Waals surface area contributed by atoms with Crippen molar-refractivity contribution in [3.63, 3.8) is 0 Å². The number of para-hydroxylation sites is 1. The summed E-state index contributed by atoms with van der Waals surface area (Å²) >= 11 is 6.49. The van der Waals surface area contributed by atoms with Gasteiger partial charge in [0.15, 0.2) is 9.84 Å². The zero-order valence-corrected chi connectivity index (χ0v) is 18.8. The summed E-state index contributed by atoms with van der Waals surface area (Å²) < 4.78 is 27.4. The summed E-state index contributed by atoms with van der Waals surface area (Å²) in [6, 6.07) is 9.56. The number of carbonyl (C=O) groups is 1. The van der Waals surface area contributed by atoms with Crippen LogP contribution >= 0.6 is 11.6 Å².